The molecule has 0 saturated carbocycles. The zero-order valence-electron chi connectivity index (χ0n) is 41.9. The normalized spacial score (nSPS) is 23.9. The maximum absolute atomic E-state index is 14.9. The smallest absolute Gasteiger partial charge is 0.245 e. The number of amides is 8. The number of hydrogen-bond acceptors (Lipinski definition) is 15. The first kappa shape index (κ1) is 57.6. The number of aromatic hydroxyl groups is 1. The minimum Gasteiger partial charge on any atom is -0.508 e. The van der Waals surface area contributed by atoms with Crippen molar-refractivity contribution in [1.82, 2.24) is 47.5 Å². The molecule has 0 bridgehead atoms. The molecule has 1 saturated heterocycles. The van der Waals surface area contributed by atoms with E-state index in [0.29, 0.717) is 36.9 Å². The van der Waals surface area contributed by atoms with E-state index >= 15 is 0 Å². The van der Waals surface area contributed by atoms with Crippen molar-refractivity contribution in [2.75, 3.05) is 18.9 Å². The highest BCUT2D eigenvalue weighted by Crippen LogP contribution is 2.39. The summed E-state index contributed by atoms with van der Waals surface area (Å²) >= 11 is 0. The van der Waals surface area contributed by atoms with Crippen molar-refractivity contribution in [3.05, 3.63) is 101 Å². The van der Waals surface area contributed by atoms with E-state index in [0.717, 1.165) is 43.6 Å². The highest BCUT2D eigenvalue weighted by molar-refractivity contribution is 8.77. The summed E-state index contributed by atoms with van der Waals surface area (Å²) in [5.74, 6) is -7.24. The van der Waals surface area contributed by atoms with Crippen LogP contribution >= 0.6 is 21.6 Å². The fraction of sp³-hybridized carbons (Fsp3) is 0.451. The second-order valence-electron chi connectivity index (χ2n) is 19.2. The molecular formula is C51H67N11O11S2. The lowest BCUT2D eigenvalue weighted by Gasteiger charge is -2.35. The van der Waals surface area contributed by atoms with Crippen LogP contribution in [0, 0.1) is 0 Å². The summed E-state index contributed by atoms with van der Waals surface area (Å²) in [7, 11) is 2.02. The van der Waals surface area contributed by atoms with Crippen molar-refractivity contribution in [3.8, 4) is 5.75 Å². The predicted molar refractivity (Wildman–Crippen MR) is 283 cm³/mol. The van der Waals surface area contributed by atoms with E-state index in [9.17, 15) is 53.7 Å². The van der Waals surface area contributed by atoms with Gasteiger partial charge in [-0.25, -0.2) is 0 Å². The standard InChI is InChI=1S/C51H67N11O11S2/c1-27(64)41-49(72)62-42(50(73)59-39(25-63)43(53)66)51(2,3)75-74-26-40(60-45(68)36-21-29-10-4-5-11-30(29)23-55-36)48(71)57-37(20-28-15-17-32(65)18-16-28)46(69)58-38(22-31-24-54-34-13-7-6-12-33(31)34)47(70)56-35(44(67)61-41)14-8-9-19-52/h4-7,10-13,15-18,24,27,35-42,54-55,63-65H,8-9,14,19-23,25-26,52H2,1-3H3,(H2,53,66)(H,56,70)(H,57,71)(H,58,69)(H,59,73)(H,60,68)(H,61,67)(H,62,72)/t27-,35+,36-,37+,38+,39+,40+,41+,42-/m1/s1. The number of aliphatic hydroxyl groups excluding tert-OH is 2. The van der Waals surface area contributed by atoms with E-state index in [1.54, 1.807) is 38.2 Å². The number of rotatable bonds is 15. The van der Waals surface area contributed by atoms with Gasteiger partial charge in [0.2, 0.25) is 47.3 Å². The van der Waals surface area contributed by atoms with E-state index in [4.69, 9.17) is 11.5 Å². The summed E-state index contributed by atoms with van der Waals surface area (Å²) in [5.41, 5.74) is 15.1. The molecule has 9 atom stereocenters. The van der Waals surface area contributed by atoms with Crippen molar-refractivity contribution in [1.29, 1.82) is 0 Å². The maximum Gasteiger partial charge on any atom is 0.245 e. The lowest BCUT2D eigenvalue weighted by molar-refractivity contribution is -0.137. The first-order valence-electron chi connectivity index (χ1n) is 24.6. The van der Waals surface area contributed by atoms with Crippen LogP contribution in [0.3, 0.4) is 0 Å². The summed E-state index contributed by atoms with van der Waals surface area (Å²) < 4.78 is -1.39. The highest BCUT2D eigenvalue weighted by Gasteiger charge is 2.42. The summed E-state index contributed by atoms with van der Waals surface area (Å²) in [4.78, 5) is 117. The van der Waals surface area contributed by atoms with Crippen LogP contribution in [-0.4, -0.2) is 146 Å². The van der Waals surface area contributed by atoms with E-state index in [1.807, 2.05) is 42.5 Å². The van der Waals surface area contributed by atoms with Crippen molar-refractivity contribution < 1.29 is 53.7 Å². The predicted octanol–water partition coefficient (Wildman–Crippen LogP) is -1.07. The van der Waals surface area contributed by atoms with Crippen LogP contribution in [0.5, 0.6) is 5.75 Å². The van der Waals surface area contributed by atoms with Gasteiger partial charge in [0.05, 0.1) is 18.8 Å². The third kappa shape index (κ3) is 15.7. The van der Waals surface area contributed by atoms with E-state index in [1.165, 1.54) is 19.1 Å². The number of carbonyl (C=O) groups excluding carboxylic acids is 8. The molecule has 0 aliphatic carbocycles. The number of phenols is 1. The van der Waals surface area contributed by atoms with Gasteiger partial charge < -0.3 is 74.3 Å². The number of nitrogens with two attached hydrogens (primary N) is 2. The maximum atomic E-state index is 14.9. The van der Waals surface area contributed by atoms with E-state index in [-0.39, 0.29) is 37.3 Å². The SMILES string of the molecule is C[C@@H](O)[C@@H]1NC(=O)[C@H](CCCCN)NC(=O)[C@H](Cc2c[nH]c3ccccc23)NC(=O)[C@H](Cc2ccc(O)cc2)NC(=O)[C@@H](NC(=O)[C@H]2Cc3ccccc3CN2)CSSC(C)(C)[C@@H](C(=O)N[C@@H](CO)C(N)=O)NC1=O. The van der Waals surface area contributed by atoms with Gasteiger partial charge >= 0.3 is 0 Å². The number of aromatic nitrogens is 1. The van der Waals surface area contributed by atoms with Gasteiger partial charge in [-0.3, -0.25) is 38.4 Å². The Morgan fingerprint density at radius 1 is 0.787 bits per heavy atom. The van der Waals surface area contributed by atoms with Crippen LogP contribution in [-0.2, 0) is 64.2 Å². The molecule has 0 radical (unpaired) electrons. The molecule has 0 unspecified atom stereocenters. The van der Waals surface area contributed by atoms with Gasteiger partial charge in [0.25, 0.3) is 0 Å². The summed E-state index contributed by atoms with van der Waals surface area (Å²) in [6.45, 7) is 4.07. The Bertz CT molecular complexity index is 2690. The van der Waals surface area contributed by atoms with Gasteiger partial charge in [0, 0.05) is 47.0 Å². The van der Waals surface area contributed by atoms with Crippen molar-refractivity contribution in [2.24, 2.45) is 11.5 Å². The van der Waals surface area contributed by atoms with Crippen LogP contribution in [0.2, 0.25) is 0 Å². The molecule has 22 nitrogen and oxygen atoms in total. The Kier molecular flexibility index (Phi) is 20.5. The summed E-state index contributed by atoms with van der Waals surface area (Å²) in [6.07, 6.45) is 0.867. The number of benzene rings is 3. The Balaban J connectivity index is 1.43. The molecule has 1 aromatic heterocycles. The van der Waals surface area contributed by atoms with Gasteiger partial charge in [0.1, 0.15) is 48.0 Å². The summed E-state index contributed by atoms with van der Waals surface area (Å²) in [6, 6.07) is 9.59. The van der Waals surface area contributed by atoms with E-state index < -0.39 is 113 Å². The quantitative estimate of drug-likeness (QED) is 0.0498. The van der Waals surface area contributed by atoms with Crippen LogP contribution in [0.4, 0.5) is 0 Å². The number of carbonyl (C=O) groups is 8. The average molecular weight is 1070 g/mol. The fourth-order valence-corrected chi connectivity index (χ4v) is 11.5. The Morgan fingerprint density at radius 3 is 2.11 bits per heavy atom. The molecule has 2 aliphatic rings. The number of para-hydroxylation sites is 1. The van der Waals surface area contributed by atoms with Crippen LogP contribution < -0.4 is 54.0 Å². The number of fused-ring (bicyclic) bond motifs is 2. The van der Waals surface area contributed by atoms with Crippen LogP contribution in [0.1, 0.15) is 62.3 Å². The number of nitrogens with one attached hydrogen (secondary N) is 9. The first-order chi connectivity index (χ1) is 35.8. The fourth-order valence-electron chi connectivity index (χ4n) is 8.69. The number of hydrogen-bond donors (Lipinski definition) is 14. The second-order valence-corrected chi connectivity index (χ2v) is 22.2. The molecule has 0 spiro atoms. The van der Waals surface area contributed by atoms with Gasteiger partial charge in [-0.1, -0.05) is 76.2 Å². The zero-order valence-corrected chi connectivity index (χ0v) is 43.5. The number of aliphatic hydroxyl groups is 2. The molecule has 1 fully saturated rings. The molecule has 2 aliphatic heterocycles. The first-order valence-corrected chi connectivity index (χ1v) is 26.9. The Labute approximate surface area is 441 Å². The molecule has 24 heteroatoms. The third-order valence-corrected chi connectivity index (χ3v) is 16.3. The molecule has 75 heavy (non-hydrogen) atoms. The van der Waals surface area contributed by atoms with E-state index in [2.05, 4.69) is 47.5 Å². The molecule has 4 aromatic rings. The Morgan fingerprint density at radius 2 is 1.43 bits per heavy atom. The topological polar surface area (TPSA) is 361 Å². The number of primary amides is 1. The molecule has 3 aromatic carbocycles. The minimum absolute atomic E-state index is 0.00615. The average Bonchev–Trinajstić information content (AvgIpc) is 3.79. The number of unbranched alkanes of at least 4 members (excludes halogenated alkanes) is 1. The lowest BCUT2D eigenvalue weighted by atomic mass is 9.95. The molecule has 3 heterocycles. The highest BCUT2D eigenvalue weighted by atomic mass is 33.1. The zero-order chi connectivity index (χ0) is 54.4. The molecule has 404 valence electrons. The lowest BCUT2D eigenvalue weighted by Crippen LogP contribution is -2.64. The van der Waals surface area contributed by atoms with Crippen LogP contribution in [0.25, 0.3) is 10.9 Å². The summed E-state index contributed by atoms with van der Waals surface area (Å²) in [5, 5.41) is 53.7. The van der Waals surface area contributed by atoms with Gasteiger partial charge in [0.15, 0.2) is 0 Å². The van der Waals surface area contributed by atoms with Crippen molar-refractivity contribution in [2.45, 2.75) is 125 Å². The van der Waals surface area contributed by atoms with Gasteiger partial charge in [-0.05, 0) is 93.5 Å². The van der Waals surface area contributed by atoms with Gasteiger partial charge in [-0.2, -0.15) is 0 Å². The molecule has 6 rings (SSSR count). The minimum atomic E-state index is -1.74. The monoisotopic (exact) mass is 1070 g/mol. The number of phenolic OH excluding ortho intramolecular Hbond substituents is 1. The van der Waals surface area contributed by atoms with Gasteiger partial charge in [-0.15, -0.1) is 0 Å². The molecule has 16 N–H and O–H groups in total. The second kappa shape index (κ2) is 26.7. The molecular weight excluding hydrogens is 1010 g/mol. The number of aromatic amines is 1. The number of H-pyrrole nitrogens is 1. The van der Waals surface area contributed by atoms with Crippen molar-refractivity contribution in [3.63, 3.8) is 0 Å². The Hall–Kier alpha value is -6.70. The molecule has 8 amide bonds. The third-order valence-electron chi connectivity index (χ3n) is 13.0. The largest absolute Gasteiger partial charge is 0.508 e. The van der Waals surface area contributed by atoms with Crippen molar-refractivity contribution >= 4 is 79.7 Å². The van der Waals surface area contributed by atoms with Crippen LogP contribution in [0.15, 0.2) is 79.0 Å².